The molecule has 0 aliphatic heterocycles. The van der Waals surface area contributed by atoms with Crippen molar-refractivity contribution in [1.82, 2.24) is 14.8 Å². The first kappa shape index (κ1) is 17.8. The van der Waals surface area contributed by atoms with Gasteiger partial charge < -0.3 is 15.2 Å². The lowest BCUT2D eigenvalue weighted by molar-refractivity contribution is -0.115. The summed E-state index contributed by atoms with van der Waals surface area (Å²) in [6.45, 7) is 4.66. The van der Waals surface area contributed by atoms with E-state index in [9.17, 15) is 4.79 Å². The van der Waals surface area contributed by atoms with Crippen LogP contribution in [0.15, 0.2) is 29.7 Å². The standard InChI is InChI=1S/C16H20N6OS/c1-4-7-18-13-6-5-12(9-17)8-14(13)20-15(23)11(2)24-16-21-19-10-22(16)3/h5-6,8,10-11,18H,4,7H2,1-3H3,(H,20,23)/t11-/m0/s1. The summed E-state index contributed by atoms with van der Waals surface area (Å²) in [5.74, 6) is -0.155. The molecule has 1 aromatic carbocycles. The Morgan fingerprint density at radius 1 is 1.46 bits per heavy atom. The second-order valence-corrected chi connectivity index (χ2v) is 6.58. The second-order valence-electron chi connectivity index (χ2n) is 5.27. The fourth-order valence-corrected chi connectivity index (χ4v) is 2.75. The van der Waals surface area contributed by atoms with Gasteiger partial charge in [0, 0.05) is 13.6 Å². The Balaban J connectivity index is 2.11. The van der Waals surface area contributed by atoms with Gasteiger partial charge >= 0.3 is 0 Å². The zero-order valence-corrected chi connectivity index (χ0v) is 14.7. The van der Waals surface area contributed by atoms with E-state index in [1.165, 1.54) is 11.8 Å². The monoisotopic (exact) mass is 344 g/mol. The molecule has 0 unspecified atom stereocenters. The summed E-state index contributed by atoms with van der Waals surface area (Å²) in [7, 11) is 1.83. The van der Waals surface area contributed by atoms with Gasteiger partial charge in [0.2, 0.25) is 5.91 Å². The normalized spacial score (nSPS) is 11.6. The first-order valence-corrected chi connectivity index (χ1v) is 8.52. The maximum Gasteiger partial charge on any atom is 0.237 e. The Bertz CT molecular complexity index is 751. The zero-order chi connectivity index (χ0) is 17.5. The molecule has 1 atom stereocenters. The first-order valence-electron chi connectivity index (χ1n) is 7.64. The quantitative estimate of drug-likeness (QED) is 0.750. The van der Waals surface area contributed by atoms with Crippen molar-refractivity contribution in [3.8, 4) is 6.07 Å². The average molecular weight is 344 g/mol. The number of anilines is 2. The van der Waals surface area contributed by atoms with Crippen LogP contribution in [0.3, 0.4) is 0 Å². The Morgan fingerprint density at radius 3 is 2.88 bits per heavy atom. The summed E-state index contributed by atoms with van der Waals surface area (Å²) in [4.78, 5) is 12.5. The molecule has 2 N–H and O–H groups in total. The van der Waals surface area contributed by atoms with E-state index in [4.69, 9.17) is 5.26 Å². The number of hydrogen-bond donors (Lipinski definition) is 2. The molecule has 1 aromatic heterocycles. The number of nitrogens with zero attached hydrogens (tertiary/aromatic N) is 4. The molecule has 0 fully saturated rings. The van der Waals surface area contributed by atoms with Gasteiger partial charge in [0.15, 0.2) is 5.16 Å². The maximum absolute atomic E-state index is 12.5. The van der Waals surface area contributed by atoms with Gasteiger partial charge in [0.05, 0.1) is 28.3 Å². The van der Waals surface area contributed by atoms with Crippen LogP contribution in [-0.4, -0.2) is 32.5 Å². The van der Waals surface area contributed by atoms with Gasteiger partial charge in [-0.25, -0.2) is 0 Å². The number of thioether (sulfide) groups is 1. The summed E-state index contributed by atoms with van der Waals surface area (Å²) >= 11 is 1.33. The van der Waals surface area contributed by atoms with Crippen LogP contribution < -0.4 is 10.6 Å². The lowest BCUT2D eigenvalue weighted by Crippen LogP contribution is -2.23. The van der Waals surface area contributed by atoms with E-state index >= 15 is 0 Å². The fourth-order valence-electron chi connectivity index (χ4n) is 1.96. The van der Waals surface area contributed by atoms with E-state index in [-0.39, 0.29) is 11.2 Å². The Hall–Kier alpha value is -2.53. The molecule has 0 saturated carbocycles. The van der Waals surface area contributed by atoms with Gasteiger partial charge in [-0.3, -0.25) is 4.79 Å². The Kier molecular flexibility index (Phi) is 6.21. The molecular formula is C16H20N6OS. The summed E-state index contributed by atoms with van der Waals surface area (Å²) in [6.07, 6.45) is 2.56. The molecule has 0 saturated heterocycles. The Labute approximate surface area is 145 Å². The number of amides is 1. The van der Waals surface area contributed by atoms with Gasteiger partial charge in [-0.1, -0.05) is 18.7 Å². The lowest BCUT2D eigenvalue weighted by atomic mass is 10.1. The zero-order valence-electron chi connectivity index (χ0n) is 13.9. The van der Waals surface area contributed by atoms with Crippen molar-refractivity contribution >= 4 is 29.0 Å². The van der Waals surface area contributed by atoms with Crippen LogP contribution in [0.25, 0.3) is 0 Å². The molecule has 1 heterocycles. The first-order chi connectivity index (χ1) is 11.5. The topological polar surface area (TPSA) is 95.6 Å². The molecule has 0 bridgehead atoms. The molecule has 0 spiro atoms. The van der Waals surface area contributed by atoms with Gasteiger partial charge in [-0.15, -0.1) is 10.2 Å². The summed E-state index contributed by atoms with van der Waals surface area (Å²) in [5, 5.41) is 23.3. The SMILES string of the molecule is CCCNc1ccc(C#N)cc1NC(=O)[C@H](C)Sc1nncn1C. The molecule has 0 aliphatic rings. The van der Waals surface area contributed by atoms with Gasteiger partial charge in [0.1, 0.15) is 6.33 Å². The van der Waals surface area contributed by atoms with Crippen LogP contribution in [0.4, 0.5) is 11.4 Å². The molecule has 2 aromatic rings. The summed E-state index contributed by atoms with van der Waals surface area (Å²) in [6, 6.07) is 7.30. The van der Waals surface area contributed by atoms with Crippen LogP contribution in [0, 0.1) is 11.3 Å². The highest BCUT2D eigenvalue weighted by Gasteiger charge is 2.18. The van der Waals surface area contributed by atoms with Crippen molar-refractivity contribution < 1.29 is 4.79 Å². The minimum Gasteiger partial charge on any atom is -0.383 e. The van der Waals surface area contributed by atoms with Crippen molar-refractivity contribution in [3.05, 3.63) is 30.1 Å². The second kappa shape index (κ2) is 8.36. The molecule has 0 radical (unpaired) electrons. The fraction of sp³-hybridized carbons (Fsp3) is 0.375. The minimum atomic E-state index is -0.349. The largest absolute Gasteiger partial charge is 0.383 e. The van der Waals surface area contributed by atoms with Crippen molar-refractivity contribution in [1.29, 1.82) is 5.26 Å². The number of aromatic nitrogens is 3. The predicted molar refractivity (Wildman–Crippen MR) is 94.9 cm³/mol. The lowest BCUT2D eigenvalue weighted by Gasteiger charge is -2.15. The molecule has 24 heavy (non-hydrogen) atoms. The number of carbonyl (C=O) groups excluding carboxylic acids is 1. The smallest absolute Gasteiger partial charge is 0.237 e. The predicted octanol–water partition coefficient (Wildman–Crippen LogP) is 2.63. The van der Waals surface area contributed by atoms with E-state index < -0.39 is 0 Å². The van der Waals surface area contributed by atoms with Crippen molar-refractivity contribution in [2.24, 2.45) is 7.05 Å². The third-order valence-electron chi connectivity index (χ3n) is 3.29. The van der Waals surface area contributed by atoms with Crippen LogP contribution in [0.2, 0.25) is 0 Å². The van der Waals surface area contributed by atoms with Crippen LogP contribution in [0.1, 0.15) is 25.8 Å². The number of carbonyl (C=O) groups is 1. The number of nitrogens with one attached hydrogen (secondary N) is 2. The van der Waals surface area contributed by atoms with Crippen LogP contribution >= 0.6 is 11.8 Å². The third kappa shape index (κ3) is 4.49. The molecule has 126 valence electrons. The average Bonchev–Trinajstić information content (AvgIpc) is 2.98. The Morgan fingerprint density at radius 2 is 2.25 bits per heavy atom. The molecule has 1 amide bonds. The van der Waals surface area contributed by atoms with Gasteiger partial charge in [-0.2, -0.15) is 5.26 Å². The van der Waals surface area contributed by atoms with Crippen molar-refractivity contribution in [2.75, 3.05) is 17.2 Å². The molecular weight excluding hydrogens is 324 g/mol. The summed E-state index contributed by atoms with van der Waals surface area (Å²) < 4.78 is 1.76. The minimum absolute atomic E-state index is 0.155. The van der Waals surface area contributed by atoms with E-state index in [1.807, 2.05) is 20.0 Å². The summed E-state index contributed by atoms with van der Waals surface area (Å²) in [5.41, 5.74) is 1.92. The highest BCUT2D eigenvalue weighted by atomic mass is 32.2. The van der Waals surface area contributed by atoms with E-state index in [0.717, 1.165) is 18.7 Å². The molecule has 0 aliphatic carbocycles. The van der Waals surface area contributed by atoms with Crippen molar-refractivity contribution in [3.63, 3.8) is 0 Å². The number of hydrogen-bond acceptors (Lipinski definition) is 6. The van der Waals surface area contributed by atoms with E-state index in [1.54, 1.807) is 23.0 Å². The molecule has 2 rings (SSSR count). The highest BCUT2D eigenvalue weighted by Crippen LogP contribution is 2.26. The molecule has 7 nitrogen and oxygen atoms in total. The highest BCUT2D eigenvalue weighted by molar-refractivity contribution is 8.00. The number of rotatable bonds is 7. The number of nitriles is 1. The van der Waals surface area contributed by atoms with E-state index in [0.29, 0.717) is 16.4 Å². The van der Waals surface area contributed by atoms with Crippen LogP contribution in [-0.2, 0) is 11.8 Å². The molecule has 8 heteroatoms. The van der Waals surface area contributed by atoms with Gasteiger partial charge in [0.25, 0.3) is 0 Å². The number of aryl methyl sites for hydroxylation is 1. The van der Waals surface area contributed by atoms with Gasteiger partial charge in [-0.05, 0) is 31.5 Å². The third-order valence-corrected chi connectivity index (χ3v) is 4.44. The van der Waals surface area contributed by atoms with Crippen LogP contribution in [0.5, 0.6) is 0 Å². The number of benzene rings is 1. The maximum atomic E-state index is 12.5. The van der Waals surface area contributed by atoms with E-state index in [2.05, 4.69) is 33.8 Å². The van der Waals surface area contributed by atoms with Crippen molar-refractivity contribution in [2.45, 2.75) is 30.7 Å².